The van der Waals surface area contributed by atoms with Gasteiger partial charge in [0.1, 0.15) is 6.21 Å². The van der Waals surface area contributed by atoms with Crippen LogP contribution in [0, 0.1) is 0 Å². The molecule has 0 saturated heterocycles. The van der Waals surface area contributed by atoms with E-state index in [1.807, 2.05) is 5.43 Å². The maximum absolute atomic E-state index is 11.9. The SMILES string of the molecule is COC(=O)c1ccc(NN=CC(F)(F)F)cc1S(N)(=O)=O. The molecule has 3 N–H and O–H groups in total. The second-order valence-electron chi connectivity index (χ2n) is 3.66. The molecule has 1 rings (SSSR count). The van der Waals surface area contributed by atoms with Gasteiger partial charge in [-0.15, -0.1) is 0 Å². The molecule has 21 heavy (non-hydrogen) atoms. The van der Waals surface area contributed by atoms with Crippen molar-refractivity contribution in [1.29, 1.82) is 0 Å². The van der Waals surface area contributed by atoms with Crippen molar-refractivity contribution in [2.24, 2.45) is 10.2 Å². The van der Waals surface area contributed by atoms with E-state index in [1.54, 1.807) is 0 Å². The van der Waals surface area contributed by atoms with Crippen LogP contribution in [-0.4, -0.2) is 33.9 Å². The summed E-state index contributed by atoms with van der Waals surface area (Å²) in [6.07, 6.45) is -4.94. The third-order valence-electron chi connectivity index (χ3n) is 2.10. The maximum Gasteiger partial charge on any atom is 0.428 e. The average molecular weight is 325 g/mol. The Morgan fingerprint density at radius 1 is 1.43 bits per heavy atom. The summed E-state index contributed by atoms with van der Waals surface area (Å²) >= 11 is 0. The fourth-order valence-electron chi connectivity index (χ4n) is 1.29. The van der Waals surface area contributed by atoms with Gasteiger partial charge in [-0.25, -0.2) is 18.4 Å². The molecule has 0 saturated carbocycles. The molecule has 0 amide bonds. The second-order valence-corrected chi connectivity index (χ2v) is 5.19. The number of hydrazone groups is 1. The number of nitrogens with one attached hydrogen (secondary N) is 1. The summed E-state index contributed by atoms with van der Waals surface area (Å²) in [5, 5.41) is 7.81. The quantitative estimate of drug-likeness (QED) is 0.489. The third kappa shape index (κ3) is 5.04. The van der Waals surface area contributed by atoms with Crippen LogP contribution in [0.25, 0.3) is 0 Å². The summed E-state index contributed by atoms with van der Waals surface area (Å²) in [6.45, 7) is 0. The number of hydrogen-bond acceptors (Lipinski definition) is 6. The normalized spacial score (nSPS) is 12.4. The van der Waals surface area contributed by atoms with Crippen LogP contribution >= 0.6 is 0 Å². The standard InChI is InChI=1S/C10H10F3N3O4S/c1-20-9(17)7-3-2-6(4-8(7)21(14,18)19)16-15-5-10(11,12)13/h2-5,16H,1H3,(H2,14,18,19). The van der Waals surface area contributed by atoms with E-state index in [0.29, 0.717) is 0 Å². The Balaban J connectivity index is 3.17. The Morgan fingerprint density at radius 2 is 2.05 bits per heavy atom. The summed E-state index contributed by atoms with van der Waals surface area (Å²) in [6, 6.07) is 3.06. The van der Waals surface area contributed by atoms with Crippen molar-refractivity contribution in [1.82, 2.24) is 0 Å². The van der Waals surface area contributed by atoms with Gasteiger partial charge in [-0.3, -0.25) is 5.43 Å². The number of anilines is 1. The van der Waals surface area contributed by atoms with Crippen LogP contribution in [0.15, 0.2) is 28.2 Å². The van der Waals surface area contributed by atoms with Gasteiger partial charge in [-0.05, 0) is 18.2 Å². The van der Waals surface area contributed by atoms with Crippen molar-refractivity contribution in [2.45, 2.75) is 11.1 Å². The molecular weight excluding hydrogens is 315 g/mol. The predicted octanol–water partition coefficient (Wildman–Crippen LogP) is 1.08. The number of nitrogens with two attached hydrogens (primary N) is 1. The van der Waals surface area contributed by atoms with E-state index in [2.05, 4.69) is 9.84 Å². The minimum absolute atomic E-state index is 0.104. The zero-order valence-electron chi connectivity index (χ0n) is 10.5. The summed E-state index contributed by atoms with van der Waals surface area (Å²) in [5.41, 5.74) is 1.53. The van der Waals surface area contributed by atoms with E-state index in [9.17, 15) is 26.4 Å². The smallest absolute Gasteiger partial charge is 0.428 e. The van der Waals surface area contributed by atoms with Gasteiger partial charge >= 0.3 is 12.1 Å². The zero-order chi connectivity index (χ0) is 16.3. The fourth-order valence-corrected chi connectivity index (χ4v) is 2.04. The molecule has 0 fully saturated rings. The molecule has 0 aliphatic rings. The molecule has 1 aromatic rings. The second kappa shape index (κ2) is 6.10. The van der Waals surface area contributed by atoms with Crippen LogP contribution in [-0.2, 0) is 14.8 Å². The van der Waals surface area contributed by atoms with Gasteiger partial charge in [0.2, 0.25) is 10.0 Å². The summed E-state index contributed by atoms with van der Waals surface area (Å²) < 4.78 is 62.8. The van der Waals surface area contributed by atoms with Gasteiger partial charge in [-0.2, -0.15) is 18.3 Å². The van der Waals surface area contributed by atoms with E-state index < -0.39 is 27.1 Å². The molecule has 0 heterocycles. The number of benzene rings is 1. The molecule has 0 spiro atoms. The Labute approximate surface area is 117 Å². The minimum atomic E-state index is -4.62. The van der Waals surface area contributed by atoms with Crippen LogP contribution in [0.2, 0.25) is 0 Å². The van der Waals surface area contributed by atoms with Gasteiger partial charge in [0.15, 0.2) is 0 Å². The van der Waals surface area contributed by atoms with Crippen molar-refractivity contribution in [3.05, 3.63) is 23.8 Å². The molecule has 116 valence electrons. The van der Waals surface area contributed by atoms with Gasteiger partial charge in [-0.1, -0.05) is 0 Å². The van der Waals surface area contributed by atoms with Crippen LogP contribution < -0.4 is 10.6 Å². The number of hydrogen-bond donors (Lipinski definition) is 2. The molecule has 0 bridgehead atoms. The highest BCUT2D eigenvalue weighted by atomic mass is 32.2. The molecule has 0 aliphatic carbocycles. The first-order valence-corrected chi connectivity index (χ1v) is 6.71. The number of carbonyl (C=O) groups is 1. The highest BCUT2D eigenvalue weighted by Crippen LogP contribution is 2.21. The minimum Gasteiger partial charge on any atom is -0.465 e. The first-order chi connectivity index (χ1) is 9.54. The van der Waals surface area contributed by atoms with Crippen molar-refractivity contribution < 1.29 is 31.1 Å². The lowest BCUT2D eigenvalue weighted by molar-refractivity contribution is -0.0536. The number of esters is 1. The molecule has 11 heteroatoms. The lowest BCUT2D eigenvalue weighted by Gasteiger charge is -2.08. The Kier molecular flexibility index (Phi) is 4.91. The third-order valence-corrected chi connectivity index (χ3v) is 3.05. The average Bonchev–Trinajstić information content (AvgIpc) is 2.35. The van der Waals surface area contributed by atoms with Crippen molar-refractivity contribution >= 4 is 27.9 Å². The Bertz CT molecular complexity index is 671. The van der Waals surface area contributed by atoms with E-state index in [1.165, 1.54) is 0 Å². The number of primary sulfonamides is 1. The van der Waals surface area contributed by atoms with E-state index >= 15 is 0 Å². The lowest BCUT2D eigenvalue weighted by Crippen LogP contribution is -2.17. The molecule has 1 aromatic carbocycles. The van der Waals surface area contributed by atoms with Gasteiger partial charge in [0, 0.05) is 0 Å². The lowest BCUT2D eigenvalue weighted by atomic mass is 10.2. The van der Waals surface area contributed by atoms with Gasteiger partial charge in [0.05, 0.1) is 23.3 Å². The number of carbonyl (C=O) groups excluding carboxylic acids is 1. The van der Waals surface area contributed by atoms with Crippen molar-refractivity contribution in [3.63, 3.8) is 0 Å². The molecule has 0 atom stereocenters. The van der Waals surface area contributed by atoms with E-state index in [-0.39, 0.29) is 17.5 Å². The largest absolute Gasteiger partial charge is 0.465 e. The molecule has 0 aromatic heterocycles. The Hall–Kier alpha value is -2.14. The molecule has 0 radical (unpaired) electrons. The monoisotopic (exact) mass is 325 g/mol. The number of rotatable bonds is 4. The number of ether oxygens (including phenoxy) is 1. The van der Waals surface area contributed by atoms with E-state index in [4.69, 9.17) is 5.14 Å². The van der Waals surface area contributed by atoms with E-state index in [0.717, 1.165) is 25.3 Å². The molecule has 0 aliphatic heterocycles. The zero-order valence-corrected chi connectivity index (χ0v) is 11.3. The molecular formula is C10H10F3N3O4S. The number of alkyl halides is 3. The topological polar surface area (TPSA) is 111 Å². The number of sulfonamides is 1. The first kappa shape index (κ1) is 16.9. The van der Waals surface area contributed by atoms with Crippen LogP contribution in [0.4, 0.5) is 18.9 Å². The first-order valence-electron chi connectivity index (χ1n) is 5.17. The summed E-state index contributed by atoms with van der Waals surface area (Å²) in [4.78, 5) is 10.8. The van der Waals surface area contributed by atoms with Crippen molar-refractivity contribution in [2.75, 3.05) is 12.5 Å². The van der Waals surface area contributed by atoms with Gasteiger partial charge in [0.25, 0.3) is 0 Å². The highest BCUT2D eigenvalue weighted by Gasteiger charge is 2.24. The summed E-state index contributed by atoms with van der Waals surface area (Å²) in [5.74, 6) is -0.954. The maximum atomic E-state index is 11.9. The highest BCUT2D eigenvalue weighted by molar-refractivity contribution is 7.89. The molecule has 0 unspecified atom stereocenters. The van der Waals surface area contributed by atoms with Gasteiger partial charge < -0.3 is 4.74 Å². The molecule has 7 nitrogen and oxygen atoms in total. The Morgan fingerprint density at radius 3 is 2.52 bits per heavy atom. The number of methoxy groups -OCH3 is 1. The van der Waals surface area contributed by atoms with Crippen LogP contribution in [0.3, 0.4) is 0 Å². The summed E-state index contributed by atoms with van der Waals surface area (Å²) in [7, 11) is -3.24. The number of nitrogens with zero attached hydrogens (tertiary/aromatic N) is 1. The number of halogens is 3. The fraction of sp³-hybridized carbons (Fsp3) is 0.200. The van der Waals surface area contributed by atoms with Crippen molar-refractivity contribution in [3.8, 4) is 0 Å². The van der Waals surface area contributed by atoms with Crippen LogP contribution in [0.1, 0.15) is 10.4 Å². The van der Waals surface area contributed by atoms with Crippen LogP contribution in [0.5, 0.6) is 0 Å². The predicted molar refractivity (Wildman–Crippen MR) is 67.3 cm³/mol.